The summed E-state index contributed by atoms with van der Waals surface area (Å²) in [6.45, 7) is 7.77. The molecule has 1 unspecified atom stereocenters. The number of benzene rings is 1. The van der Waals surface area contributed by atoms with Gasteiger partial charge in [-0.15, -0.1) is 4.52 Å². The summed E-state index contributed by atoms with van der Waals surface area (Å²) in [5.41, 5.74) is 1.66. The van der Waals surface area contributed by atoms with Gasteiger partial charge in [-0.05, 0) is 35.5 Å². The Morgan fingerprint density at radius 2 is 2.06 bits per heavy atom. The number of hydrogen-bond donors (Lipinski definition) is 0. The second-order valence-corrected chi connectivity index (χ2v) is 5.54. The van der Waals surface area contributed by atoms with E-state index in [0.717, 1.165) is 11.1 Å². The van der Waals surface area contributed by atoms with Crippen molar-refractivity contribution >= 4 is 19.0 Å². The first-order valence-electron chi connectivity index (χ1n) is 5.77. The summed E-state index contributed by atoms with van der Waals surface area (Å²) in [7, 11) is -2.17. The molecule has 98 valence electrons. The van der Waals surface area contributed by atoms with Gasteiger partial charge in [0, 0.05) is 12.1 Å². The molecule has 5 nitrogen and oxygen atoms in total. The van der Waals surface area contributed by atoms with E-state index in [0.29, 0.717) is 0 Å². The van der Waals surface area contributed by atoms with Crippen LogP contribution in [0.3, 0.4) is 0 Å². The number of nitro groups is 1. The van der Waals surface area contributed by atoms with E-state index in [1.165, 1.54) is 6.07 Å². The third-order valence-corrected chi connectivity index (χ3v) is 3.87. The average Bonchev–Trinajstić information content (AvgIpc) is 2.28. The van der Waals surface area contributed by atoms with E-state index >= 15 is 0 Å². The summed E-state index contributed by atoms with van der Waals surface area (Å²) in [6.07, 6.45) is 0. The summed E-state index contributed by atoms with van der Waals surface area (Å²) in [5, 5.41) is 11.2. The highest BCUT2D eigenvalue weighted by atomic mass is 31.1. The smallest absolute Gasteiger partial charge is 0.258 e. The first-order chi connectivity index (χ1) is 8.38. The van der Waals surface area contributed by atoms with Crippen LogP contribution < -0.4 is 5.30 Å². The van der Waals surface area contributed by atoms with E-state index in [9.17, 15) is 14.7 Å². The lowest BCUT2D eigenvalue weighted by Gasteiger charge is -2.08. The maximum Gasteiger partial charge on any atom is 0.556 e. The summed E-state index contributed by atoms with van der Waals surface area (Å²) < 4.78 is 16.9. The predicted molar refractivity (Wildman–Crippen MR) is 70.8 cm³/mol. The summed E-state index contributed by atoms with van der Waals surface area (Å²) >= 11 is 0. The van der Waals surface area contributed by atoms with Crippen molar-refractivity contribution in [2.24, 2.45) is 0 Å². The van der Waals surface area contributed by atoms with Gasteiger partial charge in [-0.3, -0.25) is 10.1 Å². The molecular weight excluding hydrogens is 253 g/mol. The lowest BCUT2D eigenvalue weighted by Crippen LogP contribution is -2.10. The Labute approximate surface area is 107 Å². The van der Waals surface area contributed by atoms with Crippen LogP contribution in [-0.4, -0.2) is 11.5 Å². The van der Waals surface area contributed by atoms with Crippen molar-refractivity contribution in [3.8, 4) is 0 Å². The third-order valence-electron chi connectivity index (χ3n) is 2.62. The van der Waals surface area contributed by atoms with Gasteiger partial charge >= 0.3 is 19.0 Å². The number of hydrogen-bond acceptors (Lipinski definition) is 4. The zero-order chi connectivity index (χ0) is 13.9. The Hall–Kier alpha value is -1.32. The molecule has 0 N–H and O–H groups in total. The molecule has 0 saturated carbocycles. The Balaban J connectivity index is 3.40. The van der Waals surface area contributed by atoms with E-state index in [4.69, 9.17) is 4.52 Å². The first kappa shape index (κ1) is 14.7. The topological polar surface area (TPSA) is 69.4 Å². The van der Waals surface area contributed by atoms with Crippen molar-refractivity contribution < 1.29 is 14.0 Å². The lowest BCUT2D eigenvalue weighted by molar-refractivity contribution is -0.383. The summed E-state index contributed by atoms with van der Waals surface area (Å²) in [5.74, 6) is 0.217. The standard InChI is InChI=1S/C12H17NO4P/c1-5-17-18(16)12-7-10(8(2)3)9(4)6-11(12)13(14)15/h6-8H,5H2,1-4H3/q+1. The highest BCUT2D eigenvalue weighted by molar-refractivity contribution is 7.48. The highest BCUT2D eigenvalue weighted by Gasteiger charge is 2.34. The molecule has 1 aromatic carbocycles. The van der Waals surface area contributed by atoms with Gasteiger partial charge in [0.1, 0.15) is 6.61 Å². The van der Waals surface area contributed by atoms with Gasteiger partial charge in [-0.25, -0.2) is 0 Å². The number of rotatable bonds is 5. The van der Waals surface area contributed by atoms with Gasteiger partial charge in [0.05, 0.1) is 4.92 Å². The van der Waals surface area contributed by atoms with Crippen molar-refractivity contribution in [3.05, 3.63) is 33.4 Å². The molecule has 1 rings (SSSR count). The van der Waals surface area contributed by atoms with E-state index in [1.807, 2.05) is 20.8 Å². The van der Waals surface area contributed by atoms with Crippen LogP contribution in [-0.2, 0) is 9.09 Å². The molecule has 1 atom stereocenters. The Kier molecular flexibility index (Phi) is 4.93. The van der Waals surface area contributed by atoms with Crippen LogP contribution >= 0.6 is 8.03 Å². The molecule has 0 saturated heterocycles. The Morgan fingerprint density at radius 3 is 2.50 bits per heavy atom. The molecule has 0 aliphatic carbocycles. The normalized spacial score (nSPS) is 11.7. The fraction of sp³-hybridized carbons (Fsp3) is 0.500. The minimum atomic E-state index is -2.17. The predicted octanol–water partition coefficient (Wildman–Crippen LogP) is 3.43. The second kappa shape index (κ2) is 6.03. The van der Waals surface area contributed by atoms with E-state index in [1.54, 1.807) is 13.0 Å². The van der Waals surface area contributed by atoms with Crippen LogP contribution in [0.4, 0.5) is 5.69 Å². The quantitative estimate of drug-likeness (QED) is 0.467. The monoisotopic (exact) mass is 270 g/mol. The molecule has 1 aromatic rings. The fourth-order valence-corrected chi connectivity index (χ4v) is 2.75. The van der Waals surface area contributed by atoms with Gasteiger partial charge in [0.25, 0.3) is 0 Å². The third kappa shape index (κ3) is 3.12. The molecule has 6 heteroatoms. The molecule has 0 aliphatic rings. The summed E-state index contributed by atoms with van der Waals surface area (Å²) in [6, 6.07) is 3.10. The molecule has 0 aliphatic heterocycles. The highest BCUT2D eigenvalue weighted by Crippen LogP contribution is 2.31. The van der Waals surface area contributed by atoms with Gasteiger partial charge in [-0.1, -0.05) is 13.8 Å². The molecule has 0 spiro atoms. The minimum Gasteiger partial charge on any atom is -0.258 e. The second-order valence-electron chi connectivity index (χ2n) is 4.28. The number of nitrogens with zero attached hydrogens (tertiary/aromatic N) is 1. The Morgan fingerprint density at radius 1 is 1.44 bits per heavy atom. The molecule has 0 aromatic heterocycles. The average molecular weight is 270 g/mol. The van der Waals surface area contributed by atoms with Gasteiger partial charge in [0.15, 0.2) is 0 Å². The van der Waals surface area contributed by atoms with Crippen LogP contribution in [0.15, 0.2) is 12.1 Å². The number of nitro benzene ring substituents is 1. The van der Waals surface area contributed by atoms with Gasteiger partial charge in [-0.2, -0.15) is 0 Å². The van der Waals surface area contributed by atoms with E-state index in [-0.39, 0.29) is 23.5 Å². The molecule has 0 radical (unpaired) electrons. The van der Waals surface area contributed by atoms with Gasteiger partial charge in [0.2, 0.25) is 0 Å². The van der Waals surface area contributed by atoms with Crippen molar-refractivity contribution in [1.29, 1.82) is 0 Å². The molecule has 18 heavy (non-hydrogen) atoms. The minimum absolute atomic E-state index is 0.133. The number of aryl methyl sites for hydroxylation is 1. The lowest BCUT2D eigenvalue weighted by atomic mass is 9.98. The van der Waals surface area contributed by atoms with Crippen LogP contribution in [0.5, 0.6) is 0 Å². The van der Waals surface area contributed by atoms with Crippen LogP contribution in [0.25, 0.3) is 0 Å². The molecule has 0 fully saturated rings. The van der Waals surface area contributed by atoms with Gasteiger partial charge < -0.3 is 0 Å². The largest absolute Gasteiger partial charge is 0.556 e. The van der Waals surface area contributed by atoms with Crippen LogP contribution in [0, 0.1) is 17.0 Å². The molecule has 0 amide bonds. The van der Waals surface area contributed by atoms with Crippen LogP contribution in [0.2, 0.25) is 0 Å². The van der Waals surface area contributed by atoms with Crippen molar-refractivity contribution in [2.45, 2.75) is 33.6 Å². The maximum absolute atomic E-state index is 11.9. The Bertz CT molecular complexity index is 485. The van der Waals surface area contributed by atoms with E-state index in [2.05, 4.69) is 0 Å². The fourth-order valence-electron chi connectivity index (χ4n) is 1.80. The zero-order valence-electron chi connectivity index (χ0n) is 11.0. The van der Waals surface area contributed by atoms with Crippen molar-refractivity contribution in [3.63, 3.8) is 0 Å². The molecular formula is C12H17NO4P+. The van der Waals surface area contributed by atoms with Crippen LogP contribution in [0.1, 0.15) is 37.8 Å². The molecule has 0 heterocycles. The zero-order valence-corrected chi connectivity index (χ0v) is 11.9. The first-order valence-corrected chi connectivity index (χ1v) is 6.95. The summed E-state index contributed by atoms with van der Waals surface area (Å²) in [4.78, 5) is 10.5. The molecule has 0 bridgehead atoms. The maximum atomic E-state index is 11.9. The SMILES string of the molecule is CCO[P+](=O)c1cc(C(C)C)c(C)cc1[N+](=O)[O-]. The van der Waals surface area contributed by atoms with Crippen molar-refractivity contribution in [2.75, 3.05) is 6.61 Å². The van der Waals surface area contributed by atoms with Crippen molar-refractivity contribution in [1.82, 2.24) is 0 Å². The van der Waals surface area contributed by atoms with E-state index < -0.39 is 13.0 Å².